The van der Waals surface area contributed by atoms with E-state index in [0.29, 0.717) is 11.3 Å². The van der Waals surface area contributed by atoms with Crippen molar-refractivity contribution in [2.45, 2.75) is 6.92 Å². The van der Waals surface area contributed by atoms with Crippen LogP contribution in [-0.2, 0) is 0 Å². The van der Waals surface area contributed by atoms with Crippen LogP contribution in [0, 0.1) is 24.1 Å². The molecule has 1 N–H and O–H groups in total. The lowest BCUT2D eigenvalue weighted by Gasteiger charge is -2.08. The molecule has 112 valence electrons. The van der Waals surface area contributed by atoms with Gasteiger partial charge in [-0.1, -0.05) is 30.3 Å². The monoisotopic (exact) mass is 304 g/mol. The number of nitrogens with one attached hydrogen (secondary N) is 1. The Morgan fingerprint density at radius 2 is 1.65 bits per heavy atom. The van der Waals surface area contributed by atoms with Crippen molar-refractivity contribution < 1.29 is 4.39 Å². The number of H-pyrrole nitrogens is 1. The molecule has 1 aromatic heterocycles. The van der Waals surface area contributed by atoms with E-state index in [4.69, 9.17) is 0 Å². The summed E-state index contributed by atoms with van der Waals surface area (Å²) in [6.45, 7) is 1.77. The number of benzene rings is 2. The molecule has 0 unspecified atom stereocenters. The Morgan fingerprint density at radius 3 is 2.35 bits per heavy atom. The van der Waals surface area contributed by atoms with Gasteiger partial charge in [-0.25, -0.2) is 4.39 Å². The summed E-state index contributed by atoms with van der Waals surface area (Å²) in [5, 5.41) is 9.25. The zero-order valence-electron chi connectivity index (χ0n) is 12.4. The van der Waals surface area contributed by atoms with Gasteiger partial charge < -0.3 is 4.98 Å². The molecular formula is C19H13FN2O. The first-order chi connectivity index (χ1) is 11.1. The molecule has 0 saturated carbocycles. The van der Waals surface area contributed by atoms with Gasteiger partial charge in [-0.3, -0.25) is 4.79 Å². The van der Waals surface area contributed by atoms with E-state index in [1.54, 1.807) is 19.1 Å². The summed E-state index contributed by atoms with van der Waals surface area (Å²) in [6.07, 6.45) is 0. The molecule has 23 heavy (non-hydrogen) atoms. The first-order valence-electron chi connectivity index (χ1n) is 7.09. The molecule has 0 spiro atoms. The Bertz CT molecular complexity index is 983. The molecule has 2 aromatic carbocycles. The van der Waals surface area contributed by atoms with E-state index in [0.717, 1.165) is 16.7 Å². The third-order valence-electron chi connectivity index (χ3n) is 3.61. The quantitative estimate of drug-likeness (QED) is 0.777. The van der Waals surface area contributed by atoms with E-state index < -0.39 is 5.56 Å². The molecule has 4 heteroatoms. The molecule has 0 radical (unpaired) electrons. The van der Waals surface area contributed by atoms with Gasteiger partial charge in [0.1, 0.15) is 17.4 Å². The molecule has 0 fully saturated rings. The lowest BCUT2D eigenvalue weighted by atomic mass is 9.96. The van der Waals surface area contributed by atoms with Gasteiger partial charge in [-0.2, -0.15) is 5.26 Å². The second-order valence-corrected chi connectivity index (χ2v) is 5.27. The van der Waals surface area contributed by atoms with Crippen molar-refractivity contribution in [1.82, 2.24) is 4.98 Å². The molecule has 0 atom stereocenters. The van der Waals surface area contributed by atoms with Gasteiger partial charge in [0.05, 0.1) is 0 Å². The van der Waals surface area contributed by atoms with Crippen molar-refractivity contribution in [2.75, 3.05) is 0 Å². The maximum Gasteiger partial charge on any atom is 0.266 e. The second kappa shape index (κ2) is 5.90. The Hall–Kier alpha value is -3.19. The molecule has 0 bridgehead atoms. The molecule has 1 heterocycles. The summed E-state index contributed by atoms with van der Waals surface area (Å²) in [5.74, 6) is -0.308. The molecule has 0 amide bonds. The van der Waals surface area contributed by atoms with Gasteiger partial charge >= 0.3 is 0 Å². The van der Waals surface area contributed by atoms with E-state index >= 15 is 0 Å². The van der Waals surface area contributed by atoms with Crippen LogP contribution in [0.4, 0.5) is 4.39 Å². The topological polar surface area (TPSA) is 56.6 Å². The lowest BCUT2D eigenvalue weighted by molar-refractivity contribution is 0.628. The van der Waals surface area contributed by atoms with E-state index in [1.807, 2.05) is 36.4 Å². The van der Waals surface area contributed by atoms with Gasteiger partial charge in [0.25, 0.3) is 5.56 Å². The Kier molecular flexibility index (Phi) is 3.78. The third-order valence-corrected chi connectivity index (χ3v) is 3.61. The van der Waals surface area contributed by atoms with E-state index in [9.17, 15) is 14.4 Å². The Balaban J connectivity index is 2.19. The van der Waals surface area contributed by atoms with Crippen molar-refractivity contribution in [3.05, 3.63) is 82.0 Å². The predicted molar refractivity (Wildman–Crippen MR) is 87.3 cm³/mol. The summed E-state index contributed by atoms with van der Waals surface area (Å²) in [5.41, 5.74) is 3.24. The van der Waals surface area contributed by atoms with Gasteiger partial charge in [0, 0.05) is 11.3 Å². The number of aryl methyl sites for hydroxylation is 1. The molecule has 0 aliphatic rings. The van der Waals surface area contributed by atoms with Crippen LogP contribution in [0.25, 0.3) is 22.3 Å². The maximum absolute atomic E-state index is 13.4. The molecule has 0 aliphatic carbocycles. The van der Waals surface area contributed by atoms with Gasteiger partial charge in [0.15, 0.2) is 0 Å². The fraction of sp³-hybridized carbons (Fsp3) is 0.0526. The number of aromatic nitrogens is 1. The Morgan fingerprint density at radius 1 is 1.00 bits per heavy atom. The van der Waals surface area contributed by atoms with Gasteiger partial charge in [0.2, 0.25) is 0 Å². The number of rotatable bonds is 2. The predicted octanol–water partition coefficient (Wildman–Crippen LogP) is 4.03. The first kappa shape index (κ1) is 14.7. The minimum Gasteiger partial charge on any atom is -0.325 e. The lowest BCUT2D eigenvalue weighted by Crippen LogP contribution is -2.12. The highest BCUT2D eigenvalue weighted by Crippen LogP contribution is 2.28. The molecule has 0 aliphatic heterocycles. The molecule has 3 nitrogen and oxygen atoms in total. The van der Waals surface area contributed by atoms with E-state index in [-0.39, 0.29) is 11.4 Å². The number of nitriles is 1. The van der Waals surface area contributed by atoms with Crippen LogP contribution in [0.3, 0.4) is 0 Å². The van der Waals surface area contributed by atoms with Crippen molar-refractivity contribution >= 4 is 0 Å². The summed E-state index contributed by atoms with van der Waals surface area (Å²) in [6, 6.07) is 17.4. The first-order valence-corrected chi connectivity index (χ1v) is 7.09. The number of hydrogen-bond acceptors (Lipinski definition) is 2. The highest BCUT2D eigenvalue weighted by atomic mass is 19.1. The average molecular weight is 304 g/mol. The van der Waals surface area contributed by atoms with Crippen LogP contribution in [-0.4, -0.2) is 4.98 Å². The van der Waals surface area contributed by atoms with Crippen LogP contribution in [0.5, 0.6) is 0 Å². The normalized spacial score (nSPS) is 10.3. The number of nitrogens with zero attached hydrogens (tertiary/aromatic N) is 1. The smallest absolute Gasteiger partial charge is 0.266 e. The standard InChI is InChI=1S/C19H13FN2O/c1-12-8-17(18(11-21)19(23)22-12)15-6-2-4-13(9-15)14-5-3-7-16(20)10-14/h2-10H,1H3,(H,22,23). The summed E-state index contributed by atoms with van der Waals surface area (Å²) in [4.78, 5) is 14.6. The molecule has 3 aromatic rings. The minimum absolute atomic E-state index is 0.0759. The highest BCUT2D eigenvalue weighted by molar-refractivity contribution is 5.76. The van der Waals surface area contributed by atoms with E-state index in [2.05, 4.69) is 4.98 Å². The van der Waals surface area contributed by atoms with Crippen LogP contribution in [0.15, 0.2) is 59.4 Å². The summed E-state index contributed by atoms with van der Waals surface area (Å²) in [7, 11) is 0. The largest absolute Gasteiger partial charge is 0.325 e. The SMILES string of the molecule is Cc1cc(-c2cccc(-c3cccc(F)c3)c2)c(C#N)c(=O)[nH]1. The number of halogens is 1. The van der Waals surface area contributed by atoms with Gasteiger partial charge in [-0.15, -0.1) is 0 Å². The number of pyridine rings is 1. The molecular weight excluding hydrogens is 291 g/mol. The molecule has 3 rings (SSSR count). The minimum atomic E-state index is -0.404. The zero-order valence-corrected chi connectivity index (χ0v) is 12.4. The highest BCUT2D eigenvalue weighted by Gasteiger charge is 2.11. The zero-order chi connectivity index (χ0) is 16.4. The van der Waals surface area contributed by atoms with Gasteiger partial charge in [-0.05, 0) is 47.9 Å². The average Bonchev–Trinajstić information content (AvgIpc) is 2.54. The fourth-order valence-corrected chi connectivity index (χ4v) is 2.56. The summed E-state index contributed by atoms with van der Waals surface area (Å²) < 4.78 is 13.4. The second-order valence-electron chi connectivity index (χ2n) is 5.27. The Labute approximate surface area is 132 Å². The van der Waals surface area contributed by atoms with Crippen molar-refractivity contribution in [2.24, 2.45) is 0 Å². The summed E-state index contributed by atoms with van der Waals surface area (Å²) >= 11 is 0. The number of hydrogen-bond donors (Lipinski definition) is 1. The van der Waals surface area contributed by atoms with Crippen molar-refractivity contribution in [1.29, 1.82) is 5.26 Å². The van der Waals surface area contributed by atoms with Crippen LogP contribution >= 0.6 is 0 Å². The van der Waals surface area contributed by atoms with Crippen LogP contribution < -0.4 is 5.56 Å². The third kappa shape index (κ3) is 2.90. The van der Waals surface area contributed by atoms with Crippen molar-refractivity contribution in [3.63, 3.8) is 0 Å². The van der Waals surface area contributed by atoms with Crippen molar-refractivity contribution in [3.8, 4) is 28.3 Å². The maximum atomic E-state index is 13.4. The van der Waals surface area contributed by atoms with Crippen LogP contribution in [0.2, 0.25) is 0 Å². The number of aromatic amines is 1. The van der Waals surface area contributed by atoms with Crippen LogP contribution in [0.1, 0.15) is 11.3 Å². The molecule has 0 saturated heterocycles. The van der Waals surface area contributed by atoms with E-state index in [1.165, 1.54) is 12.1 Å². The fourth-order valence-electron chi connectivity index (χ4n) is 2.56.